The van der Waals surface area contributed by atoms with Gasteiger partial charge in [-0.2, -0.15) is 0 Å². The lowest BCUT2D eigenvalue weighted by atomic mass is 10.6. The number of carbonyl (C=O) groups is 1. The third kappa shape index (κ3) is 8.41. The van der Waals surface area contributed by atoms with Gasteiger partial charge in [-0.25, -0.2) is 4.79 Å². The maximum absolute atomic E-state index is 10.7. The summed E-state index contributed by atoms with van der Waals surface area (Å²) in [4.78, 5) is 10.7. The minimum atomic E-state index is -2.55. The van der Waals surface area contributed by atoms with Crippen molar-refractivity contribution in [2.75, 3.05) is 54.4 Å². The van der Waals surface area contributed by atoms with Crippen LogP contribution < -0.4 is 0 Å². The molecule has 0 aromatic heterocycles. The SMILES string of the molecule is C=CC(=O)OCCOCCOCC[Si](OC)(OC)OC. The fourth-order valence-corrected chi connectivity index (χ4v) is 2.84. The van der Waals surface area contributed by atoms with Crippen LogP contribution in [0.4, 0.5) is 0 Å². The summed E-state index contributed by atoms with van der Waals surface area (Å²) in [7, 11) is 2.14. The smallest absolute Gasteiger partial charge is 0.460 e. The van der Waals surface area contributed by atoms with Crippen LogP contribution in [0.25, 0.3) is 0 Å². The molecule has 0 saturated carbocycles. The van der Waals surface area contributed by atoms with Crippen molar-refractivity contribution in [3.63, 3.8) is 0 Å². The topological polar surface area (TPSA) is 72.5 Å². The van der Waals surface area contributed by atoms with Gasteiger partial charge in [0.1, 0.15) is 6.61 Å². The second kappa shape index (κ2) is 12.0. The van der Waals surface area contributed by atoms with E-state index in [0.717, 1.165) is 6.08 Å². The zero-order valence-electron chi connectivity index (χ0n) is 12.4. The summed E-state index contributed by atoms with van der Waals surface area (Å²) >= 11 is 0. The standard InChI is InChI=1S/C12H24O7Si/c1-5-12(13)19-9-8-17-6-7-18-10-11-20(14-2,15-3)16-4/h5H,1,6-11H2,2-4H3. The Bertz CT molecular complexity index is 260. The molecular formula is C12H24O7Si. The second-order valence-corrected chi connectivity index (χ2v) is 6.73. The highest BCUT2D eigenvalue weighted by atomic mass is 28.4. The molecule has 0 N–H and O–H groups in total. The Labute approximate surface area is 121 Å². The van der Waals surface area contributed by atoms with Gasteiger partial charge in [0, 0.05) is 33.4 Å². The van der Waals surface area contributed by atoms with Gasteiger partial charge in [0.05, 0.1) is 26.4 Å². The Morgan fingerprint density at radius 1 is 0.950 bits per heavy atom. The van der Waals surface area contributed by atoms with E-state index in [2.05, 4.69) is 6.58 Å². The summed E-state index contributed by atoms with van der Waals surface area (Å²) in [6.45, 7) is 5.16. The van der Waals surface area contributed by atoms with Gasteiger partial charge in [-0.05, 0) is 0 Å². The van der Waals surface area contributed by atoms with E-state index in [1.807, 2.05) is 0 Å². The lowest BCUT2D eigenvalue weighted by Gasteiger charge is -2.24. The number of hydrogen-bond donors (Lipinski definition) is 0. The molecule has 0 atom stereocenters. The highest BCUT2D eigenvalue weighted by Crippen LogP contribution is 2.11. The van der Waals surface area contributed by atoms with Gasteiger partial charge < -0.3 is 27.5 Å². The van der Waals surface area contributed by atoms with E-state index in [0.29, 0.717) is 32.5 Å². The molecule has 8 heteroatoms. The molecule has 0 aliphatic heterocycles. The van der Waals surface area contributed by atoms with Gasteiger partial charge in [-0.1, -0.05) is 6.58 Å². The average molecular weight is 308 g/mol. The number of ether oxygens (including phenoxy) is 3. The van der Waals surface area contributed by atoms with Crippen molar-refractivity contribution in [1.82, 2.24) is 0 Å². The lowest BCUT2D eigenvalue weighted by Crippen LogP contribution is -2.43. The van der Waals surface area contributed by atoms with Crippen LogP contribution >= 0.6 is 0 Å². The molecule has 0 rings (SSSR count). The van der Waals surface area contributed by atoms with Gasteiger partial charge in [0.2, 0.25) is 0 Å². The number of hydrogen-bond acceptors (Lipinski definition) is 7. The fraction of sp³-hybridized carbons (Fsp3) is 0.750. The molecule has 0 heterocycles. The van der Waals surface area contributed by atoms with Gasteiger partial charge in [-0.15, -0.1) is 0 Å². The van der Waals surface area contributed by atoms with Gasteiger partial charge in [-0.3, -0.25) is 0 Å². The number of rotatable bonds is 13. The molecule has 0 aromatic carbocycles. The van der Waals surface area contributed by atoms with Crippen LogP contribution in [0, 0.1) is 0 Å². The lowest BCUT2D eigenvalue weighted by molar-refractivity contribution is -0.139. The third-order valence-electron chi connectivity index (χ3n) is 2.50. The van der Waals surface area contributed by atoms with E-state index in [1.165, 1.54) is 0 Å². The van der Waals surface area contributed by atoms with Crippen molar-refractivity contribution < 1.29 is 32.3 Å². The van der Waals surface area contributed by atoms with Crippen molar-refractivity contribution in [1.29, 1.82) is 0 Å². The molecule has 20 heavy (non-hydrogen) atoms. The van der Waals surface area contributed by atoms with Crippen LogP contribution in [0.1, 0.15) is 0 Å². The molecule has 0 radical (unpaired) electrons. The summed E-state index contributed by atoms with van der Waals surface area (Å²) in [6, 6.07) is 0.577. The summed E-state index contributed by atoms with van der Waals surface area (Å²) in [5.74, 6) is -0.454. The van der Waals surface area contributed by atoms with Crippen LogP contribution in [0.3, 0.4) is 0 Å². The first-order chi connectivity index (χ1) is 9.64. The van der Waals surface area contributed by atoms with Crippen LogP contribution in [-0.2, 0) is 32.3 Å². The maximum atomic E-state index is 10.7. The van der Waals surface area contributed by atoms with E-state index < -0.39 is 14.8 Å². The summed E-state index contributed by atoms with van der Waals surface area (Å²) in [5.41, 5.74) is 0. The normalized spacial score (nSPS) is 11.3. The van der Waals surface area contributed by atoms with Crippen molar-refractivity contribution in [3.05, 3.63) is 12.7 Å². The zero-order chi connectivity index (χ0) is 15.3. The molecule has 0 bridgehead atoms. The Morgan fingerprint density at radius 3 is 1.95 bits per heavy atom. The minimum absolute atomic E-state index is 0.206. The van der Waals surface area contributed by atoms with Gasteiger partial charge >= 0.3 is 14.8 Å². The van der Waals surface area contributed by atoms with Crippen molar-refractivity contribution in [2.24, 2.45) is 0 Å². The molecule has 7 nitrogen and oxygen atoms in total. The number of carbonyl (C=O) groups excluding carboxylic acids is 1. The summed E-state index contributed by atoms with van der Waals surface area (Å²) in [5, 5.41) is 0. The maximum Gasteiger partial charge on any atom is 0.502 e. The predicted octanol–water partition coefficient (Wildman–Crippen LogP) is 0.627. The van der Waals surface area contributed by atoms with E-state index >= 15 is 0 Å². The summed E-state index contributed by atoms with van der Waals surface area (Å²) in [6.07, 6.45) is 1.11. The van der Waals surface area contributed by atoms with Crippen molar-refractivity contribution in [2.45, 2.75) is 6.04 Å². The third-order valence-corrected chi connectivity index (χ3v) is 5.18. The monoisotopic (exact) mass is 308 g/mol. The molecule has 0 aromatic rings. The van der Waals surface area contributed by atoms with E-state index in [9.17, 15) is 4.79 Å². The Kier molecular flexibility index (Phi) is 11.5. The molecule has 0 aliphatic carbocycles. The quantitative estimate of drug-likeness (QED) is 0.214. The molecule has 0 aliphatic rings. The molecule has 0 spiro atoms. The molecular weight excluding hydrogens is 284 g/mol. The Balaban J connectivity index is 3.44. The molecule has 118 valence electrons. The van der Waals surface area contributed by atoms with Gasteiger partial charge in [0.15, 0.2) is 0 Å². The predicted molar refractivity (Wildman–Crippen MR) is 74.4 cm³/mol. The molecule has 0 saturated heterocycles. The fourth-order valence-electron chi connectivity index (χ4n) is 1.34. The van der Waals surface area contributed by atoms with Crippen molar-refractivity contribution in [3.8, 4) is 0 Å². The Hall–Kier alpha value is -0.773. The first-order valence-electron chi connectivity index (χ1n) is 6.24. The van der Waals surface area contributed by atoms with Crippen molar-refractivity contribution >= 4 is 14.8 Å². The highest BCUT2D eigenvalue weighted by Gasteiger charge is 2.37. The van der Waals surface area contributed by atoms with Gasteiger partial charge in [0.25, 0.3) is 0 Å². The number of esters is 1. The van der Waals surface area contributed by atoms with E-state index in [-0.39, 0.29) is 6.61 Å². The molecule has 0 amide bonds. The molecule has 0 fully saturated rings. The van der Waals surface area contributed by atoms with Crippen LogP contribution in [0.15, 0.2) is 12.7 Å². The first-order valence-corrected chi connectivity index (χ1v) is 8.17. The van der Waals surface area contributed by atoms with E-state index in [4.69, 9.17) is 27.5 Å². The first kappa shape index (κ1) is 19.2. The van der Waals surface area contributed by atoms with E-state index in [1.54, 1.807) is 21.3 Å². The zero-order valence-corrected chi connectivity index (χ0v) is 13.4. The minimum Gasteiger partial charge on any atom is -0.460 e. The van der Waals surface area contributed by atoms with Crippen LogP contribution in [0.5, 0.6) is 0 Å². The molecule has 0 unspecified atom stereocenters. The second-order valence-electron chi connectivity index (χ2n) is 3.64. The highest BCUT2D eigenvalue weighted by molar-refractivity contribution is 6.60. The summed E-state index contributed by atoms with van der Waals surface area (Å²) < 4.78 is 31.1. The van der Waals surface area contributed by atoms with Crippen LogP contribution in [-0.4, -0.2) is 69.1 Å². The largest absolute Gasteiger partial charge is 0.502 e. The Morgan fingerprint density at radius 2 is 1.45 bits per heavy atom. The average Bonchev–Trinajstić information content (AvgIpc) is 2.49. The van der Waals surface area contributed by atoms with Crippen LogP contribution in [0.2, 0.25) is 6.04 Å².